The zero-order valence-corrected chi connectivity index (χ0v) is 23.9. The first kappa shape index (κ1) is 28.1. The standard InChI is InChI=1S/C29H34N4O3S2/c1-4-36-16-8-13-33-28(35)25(38-29(33)37)18-23-20(2)24(19-30)27(34)31(3)26(23)32-14-11-22(12-15-32)17-21-9-6-5-7-10-21/h5-7,9-10,18,22H,4,8,11-17H2,1-3H3/b25-18-. The van der Waals surface area contributed by atoms with Crippen molar-refractivity contribution in [2.24, 2.45) is 13.0 Å². The molecule has 9 heteroatoms. The molecule has 0 aliphatic carbocycles. The molecule has 1 amide bonds. The zero-order valence-electron chi connectivity index (χ0n) is 22.2. The summed E-state index contributed by atoms with van der Waals surface area (Å²) in [6.45, 7) is 7.04. The van der Waals surface area contributed by atoms with E-state index in [1.807, 2.05) is 19.1 Å². The Balaban J connectivity index is 1.61. The number of hydrogen-bond acceptors (Lipinski definition) is 7. The number of amides is 1. The Hall–Kier alpha value is -2.93. The van der Waals surface area contributed by atoms with Gasteiger partial charge >= 0.3 is 0 Å². The number of nitrogens with zero attached hydrogens (tertiary/aromatic N) is 4. The second-order valence-corrected chi connectivity index (χ2v) is 11.4. The van der Waals surface area contributed by atoms with Crippen molar-refractivity contribution < 1.29 is 9.53 Å². The molecule has 2 saturated heterocycles. The van der Waals surface area contributed by atoms with Gasteiger partial charge in [-0.15, -0.1) is 0 Å². The van der Waals surface area contributed by atoms with Crippen molar-refractivity contribution in [1.29, 1.82) is 5.26 Å². The molecule has 1 aromatic carbocycles. The lowest BCUT2D eigenvalue weighted by Crippen LogP contribution is -2.39. The second-order valence-electron chi connectivity index (χ2n) is 9.72. The quantitative estimate of drug-likeness (QED) is 0.255. The Morgan fingerprint density at radius 1 is 1.21 bits per heavy atom. The van der Waals surface area contributed by atoms with Gasteiger partial charge in [-0.25, -0.2) is 0 Å². The second kappa shape index (κ2) is 12.7. The fourth-order valence-corrected chi connectivity index (χ4v) is 6.47. The van der Waals surface area contributed by atoms with Crippen molar-refractivity contribution in [2.45, 2.75) is 39.5 Å². The monoisotopic (exact) mass is 550 g/mol. The number of hydrogen-bond donors (Lipinski definition) is 0. The number of aromatic nitrogens is 1. The lowest BCUT2D eigenvalue weighted by molar-refractivity contribution is -0.122. The van der Waals surface area contributed by atoms with Crippen LogP contribution in [0.1, 0.15) is 48.4 Å². The third-order valence-electron chi connectivity index (χ3n) is 7.27. The highest BCUT2D eigenvalue weighted by Gasteiger charge is 2.33. The van der Waals surface area contributed by atoms with E-state index in [-0.39, 0.29) is 17.0 Å². The van der Waals surface area contributed by atoms with Crippen LogP contribution in [0.15, 0.2) is 40.0 Å². The molecule has 0 spiro atoms. The third-order valence-corrected chi connectivity index (χ3v) is 8.65. The lowest BCUT2D eigenvalue weighted by Gasteiger charge is -2.36. The van der Waals surface area contributed by atoms with Gasteiger partial charge in [0, 0.05) is 45.5 Å². The molecule has 2 aliphatic rings. The van der Waals surface area contributed by atoms with E-state index in [2.05, 4.69) is 35.2 Å². The minimum atomic E-state index is -0.313. The van der Waals surface area contributed by atoms with E-state index >= 15 is 0 Å². The van der Waals surface area contributed by atoms with E-state index in [9.17, 15) is 14.9 Å². The molecule has 4 rings (SSSR count). The maximum atomic E-state index is 13.3. The fourth-order valence-electron chi connectivity index (χ4n) is 5.18. The molecule has 0 atom stereocenters. The van der Waals surface area contributed by atoms with Gasteiger partial charge in [0.2, 0.25) is 0 Å². The molecule has 0 N–H and O–H groups in total. The number of thioether (sulfide) groups is 1. The van der Waals surface area contributed by atoms with Crippen LogP contribution in [-0.4, -0.2) is 52.5 Å². The average Bonchev–Trinajstić information content (AvgIpc) is 3.18. The smallest absolute Gasteiger partial charge is 0.270 e. The van der Waals surface area contributed by atoms with Crippen LogP contribution in [0.5, 0.6) is 0 Å². The largest absolute Gasteiger partial charge is 0.382 e. The molecule has 2 aliphatic heterocycles. The molecule has 0 unspecified atom stereocenters. The molecule has 0 saturated carbocycles. The van der Waals surface area contributed by atoms with Gasteiger partial charge < -0.3 is 9.64 Å². The highest BCUT2D eigenvalue weighted by Crippen LogP contribution is 2.36. The van der Waals surface area contributed by atoms with Crippen LogP contribution in [0.4, 0.5) is 5.82 Å². The van der Waals surface area contributed by atoms with E-state index in [0.29, 0.717) is 46.9 Å². The minimum absolute atomic E-state index is 0.105. The summed E-state index contributed by atoms with van der Waals surface area (Å²) in [5.41, 5.74) is 2.47. The molecular weight excluding hydrogens is 516 g/mol. The molecule has 0 bridgehead atoms. The summed E-state index contributed by atoms with van der Waals surface area (Å²) in [6.07, 6.45) is 5.57. The lowest BCUT2D eigenvalue weighted by atomic mass is 9.90. The van der Waals surface area contributed by atoms with Crippen LogP contribution in [-0.2, 0) is 23.0 Å². The van der Waals surface area contributed by atoms with Crippen molar-refractivity contribution in [2.75, 3.05) is 37.7 Å². The third kappa shape index (κ3) is 6.04. The maximum absolute atomic E-state index is 13.3. The first-order valence-corrected chi connectivity index (χ1v) is 14.3. The Morgan fingerprint density at radius 2 is 1.92 bits per heavy atom. The number of anilines is 1. The predicted molar refractivity (Wildman–Crippen MR) is 157 cm³/mol. The summed E-state index contributed by atoms with van der Waals surface area (Å²) in [6, 6.07) is 12.6. The van der Waals surface area contributed by atoms with E-state index in [1.54, 1.807) is 23.4 Å². The molecule has 3 heterocycles. The molecule has 2 fully saturated rings. The van der Waals surface area contributed by atoms with Gasteiger partial charge in [-0.05, 0) is 62.7 Å². The Bertz CT molecular complexity index is 1320. The number of benzene rings is 1. The summed E-state index contributed by atoms with van der Waals surface area (Å²) < 4.78 is 7.49. The number of ether oxygens (including phenoxy) is 1. The summed E-state index contributed by atoms with van der Waals surface area (Å²) in [5.74, 6) is 1.18. The number of thiocarbonyl (C=S) groups is 1. The fraction of sp³-hybridized carbons (Fsp3) is 0.448. The Labute approximate surface area is 234 Å². The Kier molecular flexibility index (Phi) is 9.42. The maximum Gasteiger partial charge on any atom is 0.270 e. The van der Waals surface area contributed by atoms with E-state index in [0.717, 1.165) is 43.7 Å². The van der Waals surface area contributed by atoms with Gasteiger partial charge in [0.1, 0.15) is 21.8 Å². The molecular formula is C29H34N4O3S2. The number of carbonyl (C=O) groups is 1. The van der Waals surface area contributed by atoms with Gasteiger partial charge in [0.25, 0.3) is 11.5 Å². The summed E-state index contributed by atoms with van der Waals surface area (Å²) >= 11 is 6.78. The van der Waals surface area contributed by atoms with Crippen LogP contribution in [0.25, 0.3) is 6.08 Å². The van der Waals surface area contributed by atoms with Crippen molar-refractivity contribution in [3.63, 3.8) is 0 Å². The number of rotatable bonds is 9. The summed E-state index contributed by atoms with van der Waals surface area (Å²) in [4.78, 5) is 30.7. The first-order chi connectivity index (χ1) is 18.3. The zero-order chi connectivity index (χ0) is 27.2. The van der Waals surface area contributed by atoms with Gasteiger partial charge in [0.15, 0.2) is 0 Å². The SMILES string of the molecule is CCOCCCN1C(=O)/C(=C/c2c(C)c(C#N)c(=O)n(C)c2N2CCC(Cc3ccccc3)CC2)SC1=S. The van der Waals surface area contributed by atoms with Crippen molar-refractivity contribution in [3.05, 3.63) is 67.8 Å². The minimum Gasteiger partial charge on any atom is -0.382 e. The van der Waals surface area contributed by atoms with Crippen molar-refractivity contribution >= 4 is 46.1 Å². The molecule has 200 valence electrons. The highest BCUT2D eigenvalue weighted by atomic mass is 32.2. The van der Waals surface area contributed by atoms with Crippen molar-refractivity contribution in [3.8, 4) is 6.07 Å². The Morgan fingerprint density at radius 3 is 2.58 bits per heavy atom. The van der Waals surface area contributed by atoms with E-state index in [4.69, 9.17) is 17.0 Å². The molecule has 38 heavy (non-hydrogen) atoms. The average molecular weight is 551 g/mol. The number of pyridine rings is 1. The predicted octanol–water partition coefficient (Wildman–Crippen LogP) is 4.65. The van der Waals surface area contributed by atoms with Crippen molar-refractivity contribution in [1.82, 2.24) is 9.47 Å². The first-order valence-electron chi connectivity index (χ1n) is 13.1. The number of nitriles is 1. The molecule has 7 nitrogen and oxygen atoms in total. The highest BCUT2D eigenvalue weighted by molar-refractivity contribution is 8.26. The van der Waals surface area contributed by atoms with Crippen LogP contribution < -0.4 is 10.5 Å². The normalized spacial score (nSPS) is 17.5. The van der Waals surface area contributed by atoms with Gasteiger partial charge in [0.05, 0.1) is 4.91 Å². The number of carbonyl (C=O) groups excluding carboxylic acids is 1. The topological polar surface area (TPSA) is 78.6 Å². The summed E-state index contributed by atoms with van der Waals surface area (Å²) in [5, 5.41) is 9.75. The van der Waals surface area contributed by atoms with Gasteiger partial charge in [-0.2, -0.15) is 5.26 Å². The molecule has 0 radical (unpaired) electrons. The number of piperidine rings is 1. The summed E-state index contributed by atoms with van der Waals surface area (Å²) in [7, 11) is 1.71. The van der Waals surface area contributed by atoms with Crippen LogP contribution in [0, 0.1) is 24.2 Å². The molecule has 2 aromatic rings. The van der Waals surface area contributed by atoms with E-state index < -0.39 is 0 Å². The van der Waals surface area contributed by atoms with Crippen LogP contribution in [0.2, 0.25) is 0 Å². The van der Waals surface area contributed by atoms with Gasteiger partial charge in [-0.3, -0.25) is 19.1 Å². The van der Waals surface area contributed by atoms with Crippen LogP contribution >= 0.6 is 24.0 Å². The van der Waals surface area contributed by atoms with Gasteiger partial charge in [-0.1, -0.05) is 54.3 Å². The molecule has 1 aromatic heterocycles. The van der Waals surface area contributed by atoms with E-state index in [1.165, 1.54) is 17.3 Å². The van der Waals surface area contributed by atoms with Crippen LogP contribution in [0.3, 0.4) is 0 Å².